The molecule has 18 heavy (non-hydrogen) atoms. The van der Waals surface area contributed by atoms with Gasteiger partial charge in [0, 0.05) is 23.6 Å². The van der Waals surface area contributed by atoms with Crippen molar-refractivity contribution in [2.45, 2.75) is 18.9 Å². The predicted octanol–water partition coefficient (Wildman–Crippen LogP) is 1.76. The lowest BCUT2D eigenvalue weighted by Gasteiger charge is -2.22. The van der Waals surface area contributed by atoms with Gasteiger partial charge in [0.25, 0.3) is 5.91 Å². The number of aromatic nitrogens is 1. The summed E-state index contributed by atoms with van der Waals surface area (Å²) in [6.45, 7) is 0.789. The van der Waals surface area contributed by atoms with Crippen molar-refractivity contribution >= 4 is 16.8 Å². The van der Waals surface area contributed by atoms with Crippen LogP contribution in [0, 0.1) is 0 Å². The zero-order valence-electron chi connectivity index (χ0n) is 10.1. The van der Waals surface area contributed by atoms with E-state index in [9.17, 15) is 9.90 Å². The van der Waals surface area contributed by atoms with E-state index in [2.05, 4.69) is 4.98 Å². The second-order valence-electron chi connectivity index (χ2n) is 4.73. The Bertz CT molecular complexity index is 576. The molecular weight excluding hydrogens is 228 g/mol. The molecule has 4 heteroatoms. The molecule has 1 atom stereocenters. The number of aliphatic hydroxyl groups excluding tert-OH is 1. The SMILES string of the molecule is O=C(c1c[nH]c2ccccc12)N1CCCC1CO. The molecule has 1 aliphatic rings. The van der Waals surface area contributed by atoms with Crippen LogP contribution in [0.15, 0.2) is 30.5 Å². The standard InChI is InChI=1S/C14H16N2O2/c17-9-10-4-3-7-16(10)14(18)12-8-15-13-6-2-1-5-11(12)13/h1-2,5-6,8,10,15,17H,3-4,7,9H2. The molecule has 4 nitrogen and oxygen atoms in total. The molecule has 2 N–H and O–H groups in total. The highest BCUT2D eigenvalue weighted by Gasteiger charge is 2.29. The Morgan fingerprint density at radius 3 is 3.11 bits per heavy atom. The molecule has 1 fully saturated rings. The van der Waals surface area contributed by atoms with Crippen molar-refractivity contribution in [3.63, 3.8) is 0 Å². The molecule has 1 aliphatic heterocycles. The highest BCUT2D eigenvalue weighted by molar-refractivity contribution is 6.06. The van der Waals surface area contributed by atoms with Gasteiger partial charge in [0.2, 0.25) is 0 Å². The van der Waals surface area contributed by atoms with Crippen molar-refractivity contribution in [1.82, 2.24) is 9.88 Å². The number of para-hydroxylation sites is 1. The quantitative estimate of drug-likeness (QED) is 0.845. The Morgan fingerprint density at radius 1 is 1.44 bits per heavy atom. The van der Waals surface area contributed by atoms with Crippen molar-refractivity contribution in [2.75, 3.05) is 13.2 Å². The molecule has 0 saturated carbocycles. The molecule has 1 aromatic heterocycles. The number of nitrogens with one attached hydrogen (secondary N) is 1. The van der Waals surface area contributed by atoms with Gasteiger partial charge in [-0.1, -0.05) is 18.2 Å². The Hall–Kier alpha value is -1.81. The lowest BCUT2D eigenvalue weighted by Crippen LogP contribution is -2.37. The number of likely N-dealkylation sites (tertiary alicyclic amines) is 1. The summed E-state index contributed by atoms with van der Waals surface area (Å²) in [5.41, 5.74) is 1.67. The van der Waals surface area contributed by atoms with Gasteiger partial charge in [-0.05, 0) is 18.9 Å². The van der Waals surface area contributed by atoms with Gasteiger partial charge in [0.05, 0.1) is 18.2 Å². The fraction of sp³-hybridized carbons (Fsp3) is 0.357. The molecule has 1 aromatic carbocycles. The second-order valence-corrected chi connectivity index (χ2v) is 4.73. The average Bonchev–Trinajstić information content (AvgIpc) is 3.04. The maximum Gasteiger partial charge on any atom is 0.256 e. The van der Waals surface area contributed by atoms with Crippen LogP contribution in [0.3, 0.4) is 0 Å². The number of aliphatic hydroxyl groups is 1. The van der Waals surface area contributed by atoms with Crippen LogP contribution < -0.4 is 0 Å². The summed E-state index contributed by atoms with van der Waals surface area (Å²) in [6, 6.07) is 7.76. The first-order valence-corrected chi connectivity index (χ1v) is 6.29. The van der Waals surface area contributed by atoms with Crippen molar-refractivity contribution in [1.29, 1.82) is 0 Å². The molecule has 0 radical (unpaired) electrons. The van der Waals surface area contributed by atoms with E-state index in [0.29, 0.717) is 5.56 Å². The number of nitrogens with zero attached hydrogens (tertiary/aromatic N) is 1. The van der Waals surface area contributed by atoms with Gasteiger partial charge in [-0.2, -0.15) is 0 Å². The highest BCUT2D eigenvalue weighted by atomic mass is 16.3. The number of rotatable bonds is 2. The Balaban J connectivity index is 1.97. The molecule has 1 saturated heterocycles. The monoisotopic (exact) mass is 244 g/mol. The number of hydrogen-bond acceptors (Lipinski definition) is 2. The number of carbonyl (C=O) groups is 1. The van der Waals surface area contributed by atoms with Crippen molar-refractivity contribution < 1.29 is 9.90 Å². The zero-order chi connectivity index (χ0) is 12.5. The Morgan fingerprint density at radius 2 is 2.28 bits per heavy atom. The van der Waals surface area contributed by atoms with Gasteiger partial charge < -0.3 is 15.0 Å². The number of fused-ring (bicyclic) bond motifs is 1. The van der Waals surface area contributed by atoms with E-state index in [1.54, 1.807) is 11.1 Å². The third kappa shape index (κ3) is 1.69. The van der Waals surface area contributed by atoms with Crippen molar-refractivity contribution in [2.24, 2.45) is 0 Å². The van der Waals surface area contributed by atoms with Crippen LogP contribution in [0.2, 0.25) is 0 Å². The van der Waals surface area contributed by atoms with E-state index in [1.807, 2.05) is 24.3 Å². The molecule has 3 rings (SSSR count). The smallest absolute Gasteiger partial charge is 0.256 e. The normalized spacial score (nSPS) is 19.6. The third-order valence-corrected chi connectivity index (χ3v) is 3.67. The molecule has 1 unspecified atom stereocenters. The largest absolute Gasteiger partial charge is 0.394 e. The second kappa shape index (κ2) is 4.46. The molecule has 0 aliphatic carbocycles. The maximum atomic E-state index is 12.5. The topological polar surface area (TPSA) is 56.3 Å². The van der Waals surface area contributed by atoms with E-state index < -0.39 is 0 Å². The third-order valence-electron chi connectivity index (χ3n) is 3.67. The summed E-state index contributed by atoms with van der Waals surface area (Å²) in [5.74, 6) is 0.0176. The van der Waals surface area contributed by atoms with Gasteiger partial charge in [0.1, 0.15) is 0 Å². The van der Waals surface area contributed by atoms with E-state index in [1.165, 1.54) is 0 Å². The van der Waals surface area contributed by atoms with E-state index in [4.69, 9.17) is 0 Å². The first kappa shape index (κ1) is 11.3. The molecule has 2 aromatic rings. The van der Waals surface area contributed by atoms with Crippen LogP contribution in [0.4, 0.5) is 0 Å². The Labute approximate surface area is 105 Å². The van der Waals surface area contributed by atoms with E-state index in [0.717, 1.165) is 30.3 Å². The maximum absolute atomic E-state index is 12.5. The van der Waals surface area contributed by atoms with E-state index >= 15 is 0 Å². The van der Waals surface area contributed by atoms with Crippen LogP contribution in [0.25, 0.3) is 10.9 Å². The molecule has 0 bridgehead atoms. The lowest BCUT2D eigenvalue weighted by atomic mass is 10.1. The van der Waals surface area contributed by atoms with Gasteiger partial charge in [-0.3, -0.25) is 4.79 Å². The van der Waals surface area contributed by atoms with Gasteiger partial charge in [0.15, 0.2) is 0 Å². The molecule has 94 valence electrons. The van der Waals surface area contributed by atoms with Gasteiger partial charge in [-0.15, -0.1) is 0 Å². The minimum atomic E-state index is -0.0221. The first-order valence-electron chi connectivity index (χ1n) is 6.29. The van der Waals surface area contributed by atoms with Gasteiger partial charge in [-0.25, -0.2) is 0 Å². The molecule has 2 heterocycles. The fourth-order valence-corrected chi connectivity index (χ4v) is 2.70. The van der Waals surface area contributed by atoms with Crippen LogP contribution in [0.5, 0.6) is 0 Å². The van der Waals surface area contributed by atoms with Crippen LogP contribution in [-0.2, 0) is 0 Å². The summed E-state index contributed by atoms with van der Waals surface area (Å²) in [5, 5.41) is 10.2. The minimum absolute atomic E-state index is 0.0176. The summed E-state index contributed by atoms with van der Waals surface area (Å²) in [6.07, 6.45) is 3.63. The lowest BCUT2D eigenvalue weighted by molar-refractivity contribution is 0.0679. The van der Waals surface area contributed by atoms with Crippen LogP contribution >= 0.6 is 0 Å². The highest BCUT2D eigenvalue weighted by Crippen LogP contribution is 2.24. The number of amides is 1. The van der Waals surface area contributed by atoms with Crippen LogP contribution in [-0.4, -0.2) is 40.1 Å². The number of H-pyrrole nitrogens is 1. The summed E-state index contributed by atoms with van der Waals surface area (Å²) >= 11 is 0. The van der Waals surface area contributed by atoms with E-state index in [-0.39, 0.29) is 18.6 Å². The number of benzene rings is 1. The molecule has 1 amide bonds. The van der Waals surface area contributed by atoms with Gasteiger partial charge >= 0.3 is 0 Å². The number of hydrogen-bond donors (Lipinski definition) is 2. The summed E-state index contributed by atoms with van der Waals surface area (Å²) < 4.78 is 0. The summed E-state index contributed by atoms with van der Waals surface area (Å²) in [7, 11) is 0. The first-order chi connectivity index (χ1) is 8.81. The number of aromatic amines is 1. The van der Waals surface area contributed by atoms with Crippen molar-refractivity contribution in [3.8, 4) is 0 Å². The summed E-state index contributed by atoms with van der Waals surface area (Å²) in [4.78, 5) is 17.4. The number of carbonyl (C=O) groups excluding carboxylic acids is 1. The molecular formula is C14H16N2O2. The average molecular weight is 244 g/mol. The minimum Gasteiger partial charge on any atom is -0.394 e. The molecule has 0 spiro atoms. The van der Waals surface area contributed by atoms with Crippen LogP contribution in [0.1, 0.15) is 23.2 Å². The predicted molar refractivity (Wildman–Crippen MR) is 69.4 cm³/mol. The zero-order valence-corrected chi connectivity index (χ0v) is 10.1. The fourth-order valence-electron chi connectivity index (χ4n) is 2.70. The Kier molecular flexibility index (Phi) is 2.80. The van der Waals surface area contributed by atoms with Crippen molar-refractivity contribution in [3.05, 3.63) is 36.0 Å².